The third kappa shape index (κ3) is 3.03. The lowest BCUT2D eigenvalue weighted by molar-refractivity contribution is -0.137. The van der Waals surface area contributed by atoms with Crippen LogP contribution in [0.3, 0.4) is 0 Å². The minimum absolute atomic E-state index is 0.00348. The fourth-order valence-corrected chi connectivity index (χ4v) is 2.23. The highest BCUT2D eigenvalue weighted by atomic mass is 19.1. The third-order valence-electron chi connectivity index (χ3n) is 3.46. The van der Waals surface area contributed by atoms with Gasteiger partial charge in [0.2, 0.25) is 0 Å². The molecule has 0 aromatic heterocycles. The number of rotatable bonds is 6. The van der Waals surface area contributed by atoms with Crippen LogP contribution in [0.1, 0.15) is 0 Å². The maximum Gasteiger partial charge on any atom is 0.277 e. The molecule has 8 heteroatoms. The highest BCUT2D eigenvalue weighted by Crippen LogP contribution is 2.31. The number of carbonyl (C=O) groups is 2. The van der Waals surface area contributed by atoms with E-state index in [1.807, 2.05) is 0 Å². The molecule has 7 nitrogen and oxygen atoms in total. The summed E-state index contributed by atoms with van der Waals surface area (Å²) in [4.78, 5) is 24.7. The summed E-state index contributed by atoms with van der Waals surface area (Å²) < 4.78 is 24.5. The van der Waals surface area contributed by atoms with E-state index < -0.39 is 17.6 Å². The van der Waals surface area contributed by atoms with E-state index in [2.05, 4.69) is 5.32 Å². The summed E-state index contributed by atoms with van der Waals surface area (Å²) in [7, 11) is 0. The summed E-state index contributed by atoms with van der Waals surface area (Å²) in [6.07, 6.45) is 0.868. The lowest BCUT2D eigenvalue weighted by Gasteiger charge is -2.28. The zero-order valence-electron chi connectivity index (χ0n) is 12.1. The number of anilines is 1. The Kier molecular flexibility index (Phi) is 4.26. The van der Waals surface area contributed by atoms with Crippen LogP contribution in [-0.2, 0) is 14.3 Å². The van der Waals surface area contributed by atoms with Gasteiger partial charge in [-0.1, -0.05) is 6.07 Å². The number of hydrogen-bond acceptors (Lipinski definition) is 6. The Balaban J connectivity index is 1.80. The highest BCUT2D eigenvalue weighted by Gasteiger charge is 2.31. The Bertz CT molecular complexity index is 672. The van der Waals surface area contributed by atoms with Crippen molar-refractivity contribution in [2.75, 3.05) is 31.7 Å². The van der Waals surface area contributed by atoms with Crippen LogP contribution in [0.5, 0.6) is 5.75 Å². The van der Waals surface area contributed by atoms with Gasteiger partial charge in [0, 0.05) is 6.08 Å². The van der Waals surface area contributed by atoms with Gasteiger partial charge in [0.15, 0.2) is 11.6 Å². The first-order valence-electron chi connectivity index (χ1n) is 7.08. The Hall–Kier alpha value is -2.45. The van der Waals surface area contributed by atoms with Crippen molar-refractivity contribution in [2.45, 2.75) is 6.10 Å². The number of carbonyl (C=O) groups excluding carboxylic acids is 2. The largest absolute Gasteiger partial charge is 0.480 e. The Labute approximate surface area is 131 Å². The Morgan fingerprint density at radius 1 is 1.39 bits per heavy atom. The maximum atomic E-state index is 14.0. The highest BCUT2D eigenvalue weighted by molar-refractivity contribution is 6.17. The van der Waals surface area contributed by atoms with Gasteiger partial charge in [0.25, 0.3) is 11.8 Å². The van der Waals surface area contributed by atoms with Gasteiger partial charge >= 0.3 is 0 Å². The molecule has 122 valence electrons. The third-order valence-corrected chi connectivity index (χ3v) is 3.46. The molecular weight excluding hydrogens is 307 g/mol. The first-order valence-corrected chi connectivity index (χ1v) is 7.08. The molecule has 0 atom stereocenters. The van der Waals surface area contributed by atoms with Crippen LogP contribution in [0.4, 0.5) is 10.1 Å². The first kappa shape index (κ1) is 15.4. The van der Waals surface area contributed by atoms with Gasteiger partial charge in [-0.25, -0.2) is 4.39 Å². The number of halogens is 1. The summed E-state index contributed by atoms with van der Waals surface area (Å²) in [6.45, 7) is 0.330. The van der Waals surface area contributed by atoms with Crippen molar-refractivity contribution in [3.63, 3.8) is 0 Å². The molecule has 1 aromatic carbocycles. The number of hydrogen-bond donors (Lipinski definition) is 2. The van der Waals surface area contributed by atoms with Crippen molar-refractivity contribution in [3.05, 3.63) is 35.8 Å². The van der Waals surface area contributed by atoms with Gasteiger partial charge in [0.05, 0.1) is 32.1 Å². The van der Waals surface area contributed by atoms with E-state index in [4.69, 9.17) is 14.6 Å². The first-order chi connectivity index (χ1) is 11.1. The number of β-amino-alcohol motifs (C(OH)–C–C–N with tert-alkyl or cyclic N) is 1. The standard InChI is InChI=1S/C15H15FN2O5/c16-10-2-1-3-11(14(10)23-9-7-22-8-9)17-12-6-13(20)18(4-5-19)15(12)21/h1-3,6,9,17,19H,4-5,7-8H2. The summed E-state index contributed by atoms with van der Waals surface area (Å²) in [6, 6.07) is 4.26. The minimum atomic E-state index is -0.578. The van der Waals surface area contributed by atoms with E-state index >= 15 is 0 Å². The second-order valence-electron chi connectivity index (χ2n) is 5.10. The van der Waals surface area contributed by atoms with Crippen LogP contribution in [-0.4, -0.2) is 54.3 Å². The predicted octanol–water partition coefficient (Wildman–Crippen LogP) is 0.260. The van der Waals surface area contributed by atoms with Gasteiger partial charge in [-0.15, -0.1) is 0 Å². The summed E-state index contributed by atoms with van der Waals surface area (Å²) in [5.41, 5.74) is 0.249. The molecule has 1 saturated heterocycles. The molecule has 0 radical (unpaired) electrons. The molecule has 2 aliphatic rings. The van der Waals surface area contributed by atoms with Crippen molar-refractivity contribution < 1.29 is 28.6 Å². The zero-order valence-corrected chi connectivity index (χ0v) is 12.1. The predicted molar refractivity (Wildman–Crippen MR) is 77.1 cm³/mol. The van der Waals surface area contributed by atoms with Gasteiger partial charge in [-0.3, -0.25) is 14.5 Å². The fraction of sp³-hybridized carbons (Fsp3) is 0.333. The van der Waals surface area contributed by atoms with Crippen molar-refractivity contribution in [1.82, 2.24) is 4.90 Å². The van der Waals surface area contributed by atoms with Crippen LogP contribution >= 0.6 is 0 Å². The molecule has 1 aromatic rings. The molecule has 0 aliphatic carbocycles. The SMILES string of the molecule is O=C1C=C(Nc2cccc(F)c2OC2COC2)C(=O)N1CCO. The number of nitrogens with one attached hydrogen (secondary N) is 1. The summed E-state index contributed by atoms with van der Waals surface area (Å²) in [5.74, 6) is -1.71. The molecule has 23 heavy (non-hydrogen) atoms. The van der Waals surface area contributed by atoms with Crippen LogP contribution < -0.4 is 10.1 Å². The van der Waals surface area contributed by atoms with Crippen LogP contribution in [0, 0.1) is 5.82 Å². The van der Waals surface area contributed by atoms with Crippen molar-refractivity contribution in [3.8, 4) is 5.75 Å². The smallest absolute Gasteiger partial charge is 0.277 e. The second-order valence-corrected chi connectivity index (χ2v) is 5.10. The average Bonchev–Trinajstić information content (AvgIpc) is 2.73. The number of amides is 2. The second kappa shape index (κ2) is 6.35. The van der Waals surface area contributed by atoms with Gasteiger partial charge in [-0.2, -0.15) is 0 Å². The number of para-hydroxylation sites is 1. The Morgan fingerprint density at radius 2 is 2.17 bits per heavy atom. The Morgan fingerprint density at radius 3 is 2.83 bits per heavy atom. The van der Waals surface area contributed by atoms with Crippen molar-refractivity contribution in [2.24, 2.45) is 0 Å². The fourth-order valence-electron chi connectivity index (χ4n) is 2.23. The van der Waals surface area contributed by atoms with E-state index in [1.165, 1.54) is 12.1 Å². The van der Waals surface area contributed by atoms with Crippen molar-refractivity contribution in [1.29, 1.82) is 0 Å². The molecule has 2 amide bonds. The zero-order chi connectivity index (χ0) is 16.4. The minimum Gasteiger partial charge on any atom is -0.480 e. The van der Waals surface area contributed by atoms with Crippen LogP contribution in [0.15, 0.2) is 30.0 Å². The lowest BCUT2D eigenvalue weighted by atomic mass is 10.2. The van der Waals surface area contributed by atoms with Gasteiger partial charge < -0.3 is 19.9 Å². The lowest BCUT2D eigenvalue weighted by Crippen LogP contribution is -2.39. The van der Waals surface area contributed by atoms with Crippen molar-refractivity contribution >= 4 is 17.5 Å². The monoisotopic (exact) mass is 322 g/mol. The van der Waals surface area contributed by atoms with Gasteiger partial charge in [0.1, 0.15) is 11.8 Å². The molecule has 0 saturated carbocycles. The maximum absolute atomic E-state index is 14.0. The molecular formula is C15H15FN2O5. The molecule has 2 heterocycles. The molecule has 0 unspecified atom stereocenters. The molecule has 0 bridgehead atoms. The molecule has 3 rings (SSSR count). The van der Waals surface area contributed by atoms with Crippen LogP contribution in [0.25, 0.3) is 0 Å². The molecule has 0 spiro atoms. The topological polar surface area (TPSA) is 88.1 Å². The van der Waals surface area contributed by atoms with Gasteiger partial charge in [-0.05, 0) is 12.1 Å². The van der Waals surface area contributed by atoms with Crippen LogP contribution in [0.2, 0.25) is 0 Å². The van der Waals surface area contributed by atoms with E-state index in [-0.39, 0.29) is 36.4 Å². The van der Waals surface area contributed by atoms with E-state index in [1.54, 1.807) is 6.07 Å². The molecule has 2 N–H and O–H groups in total. The molecule has 1 fully saturated rings. The van der Waals surface area contributed by atoms with E-state index in [0.29, 0.717) is 13.2 Å². The normalized spacial score (nSPS) is 18.0. The number of imide groups is 1. The van der Waals surface area contributed by atoms with E-state index in [0.717, 1.165) is 11.0 Å². The summed E-state index contributed by atoms with van der Waals surface area (Å²) in [5, 5.41) is 11.6. The quantitative estimate of drug-likeness (QED) is 0.731. The van der Waals surface area contributed by atoms with E-state index in [9.17, 15) is 14.0 Å². The molecule has 2 aliphatic heterocycles. The number of aliphatic hydroxyl groups excluding tert-OH is 1. The number of ether oxygens (including phenoxy) is 2. The average molecular weight is 322 g/mol. The number of nitrogens with zero attached hydrogens (tertiary/aromatic N) is 1. The number of aliphatic hydroxyl groups is 1. The summed E-state index contributed by atoms with van der Waals surface area (Å²) >= 11 is 0. The number of benzene rings is 1.